The van der Waals surface area contributed by atoms with Crippen molar-refractivity contribution in [2.45, 2.75) is 104 Å². The molecule has 0 aliphatic heterocycles. The van der Waals surface area contributed by atoms with Gasteiger partial charge in [0.1, 0.15) is 11.4 Å². The molecule has 0 saturated carbocycles. The lowest BCUT2D eigenvalue weighted by molar-refractivity contribution is -0.129. The third kappa shape index (κ3) is 7.87. The molecule has 0 radical (unpaired) electrons. The van der Waals surface area contributed by atoms with E-state index in [1.807, 2.05) is 19.9 Å². The monoisotopic (exact) mass is 513 g/mol. The molecule has 204 valence electrons. The van der Waals surface area contributed by atoms with Crippen LogP contribution in [0.2, 0.25) is 0 Å². The van der Waals surface area contributed by atoms with Crippen LogP contribution in [0.1, 0.15) is 84.3 Å². The number of anilines is 1. The second kappa shape index (κ2) is 13.2. The highest BCUT2D eigenvalue weighted by atomic mass is 19.1. The number of benzene rings is 1. The SMILES string of the molecule is CCCCCCC(C)C(C)NC(=O)C(C)(C)n1cnc(NC(=O)CNC2CCc3cccc(F)c3C2)c1. The summed E-state index contributed by atoms with van der Waals surface area (Å²) < 4.78 is 15.9. The lowest BCUT2D eigenvalue weighted by Crippen LogP contribution is -2.48. The van der Waals surface area contributed by atoms with Gasteiger partial charge in [0, 0.05) is 18.3 Å². The number of fused-ring (bicyclic) bond motifs is 1. The molecule has 8 heteroatoms. The first-order valence-corrected chi connectivity index (χ1v) is 13.8. The lowest BCUT2D eigenvalue weighted by atomic mass is 9.88. The van der Waals surface area contributed by atoms with E-state index in [4.69, 9.17) is 0 Å². The molecule has 2 amide bonds. The predicted octanol–water partition coefficient (Wildman–Crippen LogP) is 4.95. The Morgan fingerprint density at radius 3 is 2.76 bits per heavy atom. The number of carbonyl (C=O) groups is 2. The molecule has 3 rings (SSSR count). The van der Waals surface area contributed by atoms with Crippen LogP contribution in [0.5, 0.6) is 0 Å². The number of amides is 2. The van der Waals surface area contributed by atoms with Gasteiger partial charge in [-0.1, -0.05) is 51.7 Å². The van der Waals surface area contributed by atoms with Crippen molar-refractivity contribution in [1.29, 1.82) is 0 Å². The smallest absolute Gasteiger partial charge is 0.245 e. The fraction of sp³-hybridized carbons (Fsp3) is 0.621. The number of hydrogen-bond donors (Lipinski definition) is 3. The first kappa shape index (κ1) is 28.8. The van der Waals surface area contributed by atoms with Crippen molar-refractivity contribution in [3.05, 3.63) is 47.7 Å². The van der Waals surface area contributed by atoms with Gasteiger partial charge in [0.2, 0.25) is 11.8 Å². The maximum Gasteiger partial charge on any atom is 0.245 e. The highest BCUT2D eigenvalue weighted by Crippen LogP contribution is 2.24. The van der Waals surface area contributed by atoms with Crippen LogP contribution in [0, 0.1) is 11.7 Å². The van der Waals surface area contributed by atoms with Crippen LogP contribution < -0.4 is 16.0 Å². The van der Waals surface area contributed by atoms with Crippen LogP contribution in [0.25, 0.3) is 0 Å². The number of aryl methyl sites for hydroxylation is 1. The number of rotatable bonds is 13. The summed E-state index contributed by atoms with van der Waals surface area (Å²) in [6.45, 7) is 10.2. The Balaban J connectivity index is 1.47. The molecule has 0 spiro atoms. The Morgan fingerprint density at radius 2 is 2.00 bits per heavy atom. The minimum atomic E-state index is -0.857. The summed E-state index contributed by atoms with van der Waals surface area (Å²) in [7, 11) is 0. The number of imidazole rings is 1. The van der Waals surface area contributed by atoms with E-state index in [0.29, 0.717) is 18.2 Å². The zero-order chi connectivity index (χ0) is 27.0. The van der Waals surface area contributed by atoms with Crippen molar-refractivity contribution >= 4 is 17.6 Å². The molecular formula is C29H44FN5O2. The minimum absolute atomic E-state index is 0.0476. The zero-order valence-electron chi connectivity index (χ0n) is 23.1. The molecule has 1 aromatic heterocycles. The lowest BCUT2D eigenvalue weighted by Gasteiger charge is -2.29. The molecule has 1 aliphatic rings. The molecule has 0 fully saturated rings. The second-order valence-corrected chi connectivity index (χ2v) is 11.1. The van der Waals surface area contributed by atoms with Gasteiger partial charge in [-0.3, -0.25) is 9.59 Å². The van der Waals surface area contributed by atoms with Crippen molar-refractivity contribution in [1.82, 2.24) is 20.2 Å². The fourth-order valence-corrected chi connectivity index (χ4v) is 4.82. The summed E-state index contributed by atoms with van der Waals surface area (Å²) in [5.74, 6) is 0.307. The molecule has 37 heavy (non-hydrogen) atoms. The van der Waals surface area contributed by atoms with Crippen LogP contribution in [0.4, 0.5) is 10.2 Å². The van der Waals surface area contributed by atoms with Crippen molar-refractivity contribution in [3.8, 4) is 0 Å². The van der Waals surface area contributed by atoms with E-state index in [-0.39, 0.29) is 36.3 Å². The van der Waals surface area contributed by atoms with Crippen LogP contribution in [-0.4, -0.2) is 40.0 Å². The summed E-state index contributed by atoms with van der Waals surface area (Å²) in [6.07, 6.45) is 11.5. The van der Waals surface area contributed by atoms with Crippen molar-refractivity contribution in [2.24, 2.45) is 5.92 Å². The van der Waals surface area contributed by atoms with Crippen LogP contribution in [-0.2, 0) is 28.0 Å². The molecule has 2 aromatic rings. The Morgan fingerprint density at radius 1 is 1.22 bits per heavy atom. The highest BCUT2D eigenvalue weighted by Gasteiger charge is 2.31. The van der Waals surface area contributed by atoms with Gasteiger partial charge in [0.15, 0.2) is 5.82 Å². The zero-order valence-corrected chi connectivity index (χ0v) is 23.1. The second-order valence-electron chi connectivity index (χ2n) is 11.1. The first-order chi connectivity index (χ1) is 17.6. The normalized spacial score (nSPS) is 17.1. The number of halogens is 1. The number of unbranched alkanes of at least 4 members (excludes halogenated alkanes) is 3. The molecule has 1 heterocycles. The van der Waals surface area contributed by atoms with E-state index in [9.17, 15) is 14.0 Å². The van der Waals surface area contributed by atoms with Gasteiger partial charge in [0.05, 0.1) is 12.9 Å². The number of nitrogens with zero attached hydrogens (tertiary/aromatic N) is 2. The predicted molar refractivity (Wildman–Crippen MR) is 146 cm³/mol. The van der Waals surface area contributed by atoms with Gasteiger partial charge in [-0.15, -0.1) is 0 Å². The molecular weight excluding hydrogens is 469 g/mol. The number of aromatic nitrogens is 2. The topological polar surface area (TPSA) is 88.1 Å². The summed E-state index contributed by atoms with van der Waals surface area (Å²) in [6, 6.07) is 5.32. The molecule has 3 unspecified atom stereocenters. The van der Waals surface area contributed by atoms with Gasteiger partial charge >= 0.3 is 0 Å². The van der Waals surface area contributed by atoms with Gasteiger partial charge in [0.25, 0.3) is 0 Å². The standard InChI is InChI=1S/C29H44FN5O2/c1-6-7-8-9-11-20(2)21(3)33-28(37)29(4,5)35-18-26(32-19-35)34-27(36)17-31-23-15-14-22-12-10-13-25(30)24(22)16-23/h10,12-13,18-21,23,31H,6-9,11,14-17H2,1-5H3,(H,33,37)(H,34,36). The van der Waals surface area contributed by atoms with Crippen molar-refractivity contribution in [2.75, 3.05) is 11.9 Å². The largest absolute Gasteiger partial charge is 0.351 e. The molecule has 3 N–H and O–H groups in total. The van der Waals surface area contributed by atoms with Crippen LogP contribution >= 0.6 is 0 Å². The van der Waals surface area contributed by atoms with E-state index in [0.717, 1.165) is 30.4 Å². The molecule has 1 aliphatic carbocycles. The molecule has 0 bridgehead atoms. The summed E-state index contributed by atoms with van der Waals surface area (Å²) in [5, 5.41) is 9.20. The molecule has 7 nitrogen and oxygen atoms in total. The summed E-state index contributed by atoms with van der Waals surface area (Å²) in [4.78, 5) is 29.9. The van der Waals surface area contributed by atoms with Gasteiger partial charge < -0.3 is 20.5 Å². The van der Waals surface area contributed by atoms with Gasteiger partial charge in [-0.25, -0.2) is 9.37 Å². The van der Waals surface area contributed by atoms with E-state index in [2.05, 4.69) is 41.7 Å². The maximum atomic E-state index is 14.1. The minimum Gasteiger partial charge on any atom is -0.351 e. The molecule has 3 atom stereocenters. The van der Waals surface area contributed by atoms with E-state index >= 15 is 0 Å². The van der Waals surface area contributed by atoms with Gasteiger partial charge in [-0.05, 0) is 69.6 Å². The summed E-state index contributed by atoms with van der Waals surface area (Å²) in [5.41, 5.74) is 0.936. The number of carbonyl (C=O) groups excluding carboxylic acids is 2. The first-order valence-electron chi connectivity index (χ1n) is 13.8. The Kier molecular flexibility index (Phi) is 10.3. The quantitative estimate of drug-likeness (QED) is 0.331. The van der Waals surface area contributed by atoms with Crippen LogP contribution in [0.15, 0.2) is 30.7 Å². The van der Waals surface area contributed by atoms with E-state index in [1.54, 1.807) is 23.2 Å². The average Bonchev–Trinajstić information content (AvgIpc) is 3.34. The van der Waals surface area contributed by atoms with E-state index in [1.165, 1.54) is 31.7 Å². The third-order valence-electron chi connectivity index (χ3n) is 7.76. The molecule has 0 saturated heterocycles. The Labute approximate surface area is 221 Å². The fourth-order valence-electron chi connectivity index (χ4n) is 4.82. The molecule has 1 aromatic carbocycles. The highest BCUT2D eigenvalue weighted by molar-refractivity contribution is 5.91. The number of hydrogen-bond acceptors (Lipinski definition) is 4. The van der Waals surface area contributed by atoms with Crippen molar-refractivity contribution < 1.29 is 14.0 Å². The maximum absolute atomic E-state index is 14.1. The Hall–Kier alpha value is -2.74. The Bertz CT molecular complexity index is 1050. The average molecular weight is 514 g/mol. The van der Waals surface area contributed by atoms with Crippen molar-refractivity contribution in [3.63, 3.8) is 0 Å². The number of nitrogens with one attached hydrogen (secondary N) is 3. The van der Waals surface area contributed by atoms with Gasteiger partial charge in [-0.2, -0.15) is 0 Å². The van der Waals surface area contributed by atoms with Crippen LogP contribution in [0.3, 0.4) is 0 Å². The third-order valence-corrected chi connectivity index (χ3v) is 7.76. The van der Waals surface area contributed by atoms with E-state index < -0.39 is 5.54 Å². The summed E-state index contributed by atoms with van der Waals surface area (Å²) >= 11 is 0.